The van der Waals surface area contributed by atoms with Crippen molar-refractivity contribution in [1.82, 2.24) is 9.97 Å². The van der Waals surface area contributed by atoms with Crippen LogP contribution in [0, 0.1) is 11.8 Å². The fourth-order valence-corrected chi connectivity index (χ4v) is 4.78. The van der Waals surface area contributed by atoms with Crippen LogP contribution in [0.1, 0.15) is 34.1 Å². The molecular formula is C26H32N4O4S. The van der Waals surface area contributed by atoms with E-state index in [9.17, 15) is 8.42 Å². The van der Waals surface area contributed by atoms with Crippen LogP contribution in [0.15, 0.2) is 59.5 Å². The monoisotopic (exact) mass is 496 g/mol. The summed E-state index contributed by atoms with van der Waals surface area (Å²) >= 11 is 0. The van der Waals surface area contributed by atoms with Crippen LogP contribution < -0.4 is 19.5 Å². The van der Waals surface area contributed by atoms with E-state index in [1.54, 1.807) is 24.3 Å². The molecule has 0 unspecified atom stereocenters. The largest absolute Gasteiger partial charge is 0.493 e. The summed E-state index contributed by atoms with van der Waals surface area (Å²) in [5.41, 5.74) is 2.01. The topological polar surface area (TPSA) is 102 Å². The molecule has 186 valence electrons. The van der Waals surface area contributed by atoms with Crippen LogP contribution in [-0.4, -0.2) is 37.6 Å². The third-order valence-corrected chi connectivity index (χ3v) is 6.67. The molecule has 35 heavy (non-hydrogen) atoms. The van der Waals surface area contributed by atoms with Crippen molar-refractivity contribution in [2.24, 2.45) is 11.8 Å². The first-order valence-electron chi connectivity index (χ1n) is 11.8. The minimum Gasteiger partial charge on any atom is -0.493 e. The Morgan fingerprint density at radius 2 is 1.83 bits per heavy atom. The van der Waals surface area contributed by atoms with Gasteiger partial charge in [-0.3, -0.25) is 0 Å². The summed E-state index contributed by atoms with van der Waals surface area (Å²) in [6, 6.07) is 15.9. The molecule has 0 amide bonds. The van der Waals surface area contributed by atoms with Crippen LogP contribution in [-0.2, 0) is 10.0 Å². The van der Waals surface area contributed by atoms with Gasteiger partial charge in [-0.05, 0) is 48.6 Å². The molecule has 3 aromatic rings. The number of hydrogen-bond donors (Lipinski definition) is 2. The summed E-state index contributed by atoms with van der Waals surface area (Å²) in [7, 11) is -3.91. The van der Waals surface area contributed by atoms with Gasteiger partial charge < -0.3 is 14.8 Å². The highest BCUT2D eigenvalue weighted by Crippen LogP contribution is 2.28. The number of nitrogens with zero attached hydrogens (tertiary/aromatic N) is 2. The molecule has 0 fully saturated rings. The van der Waals surface area contributed by atoms with Crippen LogP contribution in [0.3, 0.4) is 0 Å². The molecule has 4 bridgehead atoms. The second-order valence-corrected chi connectivity index (χ2v) is 11.2. The SMILES string of the molecule is CC(C)COc1cccc(-c2cc3nc(n2)NS(=O)(=O)c2cccc(c2)N[C@H](CC(C)C)CO3)c1. The minimum atomic E-state index is -3.91. The molecular weight excluding hydrogens is 464 g/mol. The Morgan fingerprint density at radius 1 is 1.03 bits per heavy atom. The number of anilines is 2. The number of hydrogen-bond acceptors (Lipinski definition) is 7. The van der Waals surface area contributed by atoms with E-state index >= 15 is 0 Å². The van der Waals surface area contributed by atoms with Crippen LogP contribution >= 0.6 is 0 Å². The number of benzene rings is 2. The summed E-state index contributed by atoms with van der Waals surface area (Å²) in [5, 5.41) is 3.41. The summed E-state index contributed by atoms with van der Waals surface area (Å²) in [5.74, 6) is 1.77. The average Bonchev–Trinajstić information content (AvgIpc) is 2.80. The molecule has 2 N–H and O–H groups in total. The molecule has 1 aliphatic heterocycles. The predicted molar refractivity (Wildman–Crippen MR) is 137 cm³/mol. The molecule has 2 aromatic carbocycles. The molecule has 9 heteroatoms. The quantitative estimate of drug-likeness (QED) is 0.484. The molecule has 0 radical (unpaired) electrons. The number of ether oxygens (including phenoxy) is 2. The lowest BCUT2D eigenvalue weighted by atomic mass is 10.0. The van der Waals surface area contributed by atoms with Gasteiger partial charge in [0.05, 0.1) is 23.2 Å². The van der Waals surface area contributed by atoms with Gasteiger partial charge in [-0.25, -0.2) is 18.1 Å². The van der Waals surface area contributed by atoms with Gasteiger partial charge in [-0.15, -0.1) is 0 Å². The van der Waals surface area contributed by atoms with Crippen molar-refractivity contribution in [2.45, 2.75) is 45.1 Å². The molecule has 4 rings (SSSR count). The van der Waals surface area contributed by atoms with Gasteiger partial charge in [0, 0.05) is 17.3 Å². The number of rotatable bonds is 6. The highest BCUT2D eigenvalue weighted by Gasteiger charge is 2.21. The van der Waals surface area contributed by atoms with Crippen molar-refractivity contribution in [3.05, 3.63) is 54.6 Å². The molecule has 0 spiro atoms. The summed E-state index contributed by atoms with van der Waals surface area (Å²) in [6.45, 7) is 9.40. The summed E-state index contributed by atoms with van der Waals surface area (Å²) in [4.78, 5) is 8.96. The Morgan fingerprint density at radius 3 is 2.60 bits per heavy atom. The number of aromatic nitrogens is 2. The summed E-state index contributed by atoms with van der Waals surface area (Å²) < 4.78 is 40.7. The zero-order valence-corrected chi connectivity index (χ0v) is 21.3. The van der Waals surface area contributed by atoms with E-state index in [0.29, 0.717) is 48.1 Å². The third-order valence-electron chi connectivity index (χ3n) is 5.34. The first-order valence-corrected chi connectivity index (χ1v) is 13.3. The third kappa shape index (κ3) is 6.63. The van der Waals surface area contributed by atoms with Gasteiger partial charge in [0.25, 0.3) is 10.0 Å². The Labute approximate surface area is 207 Å². The molecule has 8 nitrogen and oxygen atoms in total. The highest BCUT2D eigenvalue weighted by molar-refractivity contribution is 7.92. The van der Waals surface area contributed by atoms with Gasteiger partial charge >= 0.3 is 0 Å². The van der Waals surface area contributed by atoms with Gasteiger partial charge in [0.15, 0.2) is 0 Å². The molecule has 0 saturated carbocycles. The van der Waals surface area contributed by atoms with Crippen molar-refractivity contribution >= 4 is 21.7 Å². The van der Waals surface area contributed by atoms with Crippen molar-refractivity contribution in [3.63, 3.8) is 0 Å². The average molecular weight is 497 g/mol. The van der Waals surface area contributed by atoms with E-state index in [2.05, 4.69) is 47.7 Å². The minimum absolute atomic E-state index is 0.0324. The zero-order valence-electron chi connectivity index (χ0n) is 20.5. The lowest BCUT2D eigenvalue weighted by Crippen LogP contribution is -2.29. The molecule has 1 aromatic heterocycles. The van der Waals surface area contributed by atoms with Crippen molar-refractivity contribution in [3.8, 4) is 22.9 Å². The Balaban J connectivity index is 1.74. The van der Waals surface area contributed by atoms with Crippen LogP contribution in [0.2, 0.25) is 0 Å². The first-order chi connectivity index (χ1) is 16.7. The molecule has 0 aliphatic carbocycles. The number of nitrogens with one attached hydrogen (secondary N) is 2. The van der Waals surface area contributed by atoms with Crippen LogP contribution in [0.4, 0.5) is 11.6 Å². The maximum absolute atomic E-state index is 13.1. The van der Waals surface area contributed by atoms with Gasteiger partial charge in [-0.2, -0.15) is 4.98 Å². The molecule has 1 aliphatic rings. The van der Waals surface area contributed by atoms with E-state index in [0.717, 1.165) is 12.0 Å². The Kier molecular flexibility index (Phi) is 7.45. The van der Waals surface area contributed by atoms with Gasteiger partial charge in [0.2, 0.25) is 11.8 Å². The van der Waals surface area contributed by atoms with Crippen LogP contribution in [0.5, 0.6) is 11.6 Å². The Bertz CT molecular complexity index is 1280. The maximum Gasteiger partial charge on any atom is 0.264 e. The number of sulfonamides is 1. The van der Waals surface area contributed by atoms with E-state index < -0.39 is 10.0 Å². The van der Waals surface area contributed by atoms with E-state index in [1.165, 1.54) is 0 Å². The second kappa shape index (κ2) is 10.5. The maximum atomic E-state index is 13.1. The second-order valence-electron chi connectivity index (χ2n) is 9.56. The molecule has 1 atom stereocenters. The predicted octanol–water partition coefficient (Wildman–Crippen LogP) is 5.20. The van der Waals surface area contributed by atoms with E-state index in [4.69, 9.17) is 9.47 Å². The lowest BCUT2D eigenvalue weighted by molar-refractivity contribution is 0.270. The Hall–Kier alpha value is -3.33. The molecule has 0 saturated heterocycles. The summed E-state index contributed by atoms with van der Waals surface area (Å²) in [6.07, 6.45) is 0.843. The normalized spacial score (nSPS) is 16.9. The fraction of sp³-hybridized carbons (Fsp3) is 0.385. The van der Waals surface area contributed by atoms with E-state index in [1.807, 2.05) is 30.3 Å². The van der Waals surface area contributed by atoms with Crippen molar-refractivity contribution < 1.29 is 17.9 Å². The zero-order chi connectivity index (χ0) is 25.0. The van der Waals surface area contributed by atoms with Crippen LogP contribution in [0.25, 0.3) is 11.3 Å². The van der Waals surface area contributed by atoms with Crippen molar-refractivity contribution in [2.75, 3.05) is 23.3 Å². The van der Waals surface area contributed by atoms with Gasteiger partial charge in [-0.1, -0.05) is 45.9 Å². The first kappa shape index (κ1) is 24.8. The number of fused-ring (bicyclic) bond motifs is 4. The highest BCUT2D eigenvalue weighted by atomic mass is 32.2. The van der Waals surface area contributed by atoms with Crippen molar-refractivity contribution in [1.29, 1.82) is 0 Å². The smallest absolute Gasteiger partial charge is 0.264 e. The molecule has 2 heterocycles. The fourth-order valence-electron chi connectivity index (χ4n) is 3.79. The van der Waals surface area contributed by atoms with E-state index in [-0.39, 0.29) is 16.9 Å². The lowest BCUT2D eigenvalue weighted by Gasteiger charge is -2.23. The standard InChI is InChI=1S/C26H32N4O4S/c1-17(2)11-21-16-34-25-14-24(19-7-5-9-22(12-19)33-15-18(3)4)28-26(29-25)30-35(31,32)23-10-6-8-20(13-23)27-21/h5-10,12-14,17-18,21,27H,11,15-16H2,1-4H3,(H,28,29,30)/t21-/m1/s1. The van der Waals surface area contributed by atoms with Gasteiger partial charge in [0.1, 0.15) is 12.4 Å².